The Labute approximate surface area is 129 Å². The average molecular weight is 303 g/mol. The molecule has 2 N–H and O–H groups in total. The topological polar surface area (TPSA) is 45.7 Å². The van der Waals surface area contributed by atoms with Crippen LogP contribution in [0.4, 0.5) is 0 Å². The third kappa shape index (κ3) is 5.11. The van der Waals surface area contributed by atoms with Gasteiger partial charge in [0.1, 0.15) is 5.75 Å². The Balaban J connectivity index is 1.74. The highest BCUT2D eigenvalue weighted by atomic mass is 32.1. The van der Waals surface area contributed by atoms with Gasteiger partial charge in [-0.1, -0.05) is 18.2 Å². The van der Waals surface area contributed by atoms with Crippen molar-refractivity contribution in [3.05, 3.63) is 52.2 Å². The molecule has 0 unspecified atom stereocenters. The zero-order valence-corrected chi connectivity index (χ0v) is 13.2. The first-order chi connectivity index (χ1) is 10.3. The van der Waals surface area contributed by atoms with E-state index in [0.717, 1.165) is 31.2 Å². The van der Waals surface area contributed by atoms with Crippen LogP contribution in [0.25, 0.3) is 0 Å². The van der Waals surface area contributed by atoms with Crippen molar-refractivity contribution >= 4 is 17.3 Å². The highest BCUT2D eigenvalue weighted by molar-refractivity contribution is 7.09. The van der Waals surface area contributed by atoms with Gasteiger partial charge in [0.05, 0.1) is 7.11 Å². The lowest BCUT2D eigenvalue weighted by molar-refractivity contribution is 0.414. The minimum Gasteiger partial charge on any atom is -0.497 e. The van der Waals surface area contributed by atoms with Crippen molar-refractivity contribution in [2.24, 2.45) is 4.99 Å². The van der Waals surface area contributed by atoms with Crippen molar-refractivity contribution in [3.63, 3.8) is 0 Å². The molecule has 0 aliphatic rings. The predicted molar refractivity (Wildman–Crippen MR) is 89.2 cm³/mol. The van der Waals surface area contributed by atoms with E-state index in [1.165, 1.54) is 10.4 Å². The molecule has 0 saturated heterocycles. The van der Waals surface area contributed by atoms with E-state index in [-0.39, 0.29) is 0 Å². The van der Waals surface area contributed by atoms with Crippen LogP contribution in [-0.4, -0.2) is 26.7 Å². The Hall–Kier alpha value is -2.01. The highest BCUT2D eigenvalue weighted by Gasteiger charge is 1.99. The van der Waals surface area contributed by atoms with E-state index in [0.29, 0.717) is 0 Å². The van der Waals surface area contributed by atoms with Gasteiger partial charge < -0.3 is 15.4 Å². The lowest BCUT2D eigenvalue weighted by Gasteiger charge is -2.11. The molecular formula is C16H21N3OS. The normalized spacial score (nSPS) is 11.2. The van der Waals surface area contributed by atoms with Crippen molar-refractivity contribution in [1.29, 1.82) is 0 Å². The molecule has 112 valence electrons. The van der Waals surface area contributed by atoms with Crippen molar-refractivity contribution in [2.75, 3.05) is 20.7 Å². The number of nitrogens with one attached hydrogen (secondary N) is 2. The number of benzene rings is 1. The SMILES string of the molecule is CN=C(NCCc1cccs1)NCc1ccc(OC)cc1. The van der Waals surface area contributed by atoms with Gasteiger partial charge in [-0.2, -0.15) is 0 Å². The molecule has 0 bridgehead atoms. The van der Waals surface area contributed by atoms with Gasteiger partial charge in [0, 0.05) is 25.0 Å². The second-order valence-electron chi connectivity index (χ2n) is 4.53. The average Bonchev–Trinajstić information content (AvgIpc) is 3.04. The van der Waals surface area contributed by atoms with E-state index in [2.05, 4.69) is 33.1 Å². The first-order valence-electron chi connectivity index (χ1n) is 6.91. The van der Waals surface area contributed by atoms with Gasteiger partial charge in [-0.25, -0.2) is 0 Å². The number of thiophene rings is 1. The summed E-state index contributed by atoms with van der Waals surface area (Å²) < 4.78 is 5.15. The smallest absolute Gasteiger partial charge is 0.191 e. The summed E-state index contributed by atoms with van der Waals surface area (Å²) in [6.07, 6.45) is 1.01. The summed E-state index contributed by atoms with van der Waals surface area (Å²) in [7, 11) is 3.46. The molecule has 4 nitrogen and oxygen atoms in total. The number of ether oxygens (including phenoxy) is 1. The number of guanidine groups is 1. The lowest BCUT2D eigenvalue weighted by Crippen LogP contribution is -2.37. The Morgan fingerprint density at radius 3 is 2.62 bits per heavy atom. The molecule has 1 aromatic heterocycles. The van der Waals surface area contributed by atoms with Crippen LogP contribution >= 0.6 is 11.3 Å². The summed E-state index contributed by atoms with van der Waals surface area (Å²) >= 11 is 1.78. The van der Waals surface area contributed by atoms with E-state index in [4.69, 9.17) is 4.74 Å². The fourth-order valence-electron chi connectivity index (χ4n) is 1.91. The van der Waals surface area contributed by atoms with Gasteiger partial charge in [0.2, 0.25) is 0 Å². The first kappa shape index (κ1) is 15.4. The van der Waals surface area contributed by atoms with Crippen molar-refractivity contribution < 1.29 is 4.74 Å². The maximum Gasteiger partial charge on any atom is 0.191 e. The van der Waals surface area contributed by atoms with E-state index >= 15 is 0 Å². The highest BCUT2D eigenvalue weighted by Crippen LogP contribution is 2.11. The lowest BCUT2D eigenvalue weighted by atomic mass is 10.2. The number of rotatable bonds is 6. The van der Waals surface area contributed by atoms with Crippen molar-refractivity contribution in [3.8, 4) is 5.75 Å². The van der Waals surface area contributed by atoms with Gasteiger partial charge in [0.25, 0.3) is 0 Å². The number of hydrogen-bond acceptors (Lipinski definition) is 3. The summed E-state index contributed by atoms with van der Waals surface area (Å²) in [5.74, 6) is 1.69. The van der Waals surface area contributed by atoms with Gasteiger partial charge >= 0.3 is 0 Å². The fraction of sp³-hybridized carbons (Fsp3) is 0.312. The summed E-state index contributed by atoms with van der Waals surface area (Å²) in [5.41, 5.74) is 1.19. The van der Waals surface area contributed by atoms with Crippen LogP contribution in [0.5, 0.6) is 5.75 Å². The third-order valence-corrected chi connectivity index (χ3v) is 4.02. The van der Waals surface area contributed by atoms with Crippen LogP contribution in [0.15, 0.2) is 46.8 Å². The van der Waals surface area contributed by atoms with Crippen molar-refractivity contribution in [1.82, 2.24) is 10.6 Å². The van der Waals surface area contributed by atoms with Gasteiger partial charge in [-0.05, 0) is 35.6 Å². The van der Waals surface area contributed by atoms with Crippen LogP contribution in [0.1, 0.15) is 10.4 Å². The monoisotopic (exact) mass is 303 g/mol. The minimum absolute atomic E-state index is 0.739. The van der Waals surface area contributed by atoms with Crippen LogP contribution in [-0.2, 0) is 13.0 Å². The molecule has 0 fully saturated rings. The molecule has 1 aromatic carbocycles. The maximum absolute atomic E-state index is 5.15. The van der Waals surface area contributed by atoms with Crippen LogP contribution in [0, 0.1) is 0 Å². The zero-order valence-electron chi connectivity index (χ0n) is 12.4. The van der Waals surface area contributed by atoms with Crippen LogP contribution in [0.2, 0.25) is 0 Å². The number of hydrogen-bond donors (Lipinski definition) is 2. The molecule has 2 rings (SSSR count). The molecule has 0 spiro atoms. The largest absolute Gasteiger partial charge is 0.497 e. The molecule has 0 aliphatic heterocycles. The molecule has 0 atom stereocenters. The quantitative estimate of drug-likeness (QED) is 0.637. The molecule has 21 heavy (non-hydrogen) atoms. The van der Waals surface area contributed by atoms with E-state index in [1.807, 2.05) is 24.3 Å². The number of methoxy groups -OCH3 is 1. The van der Waals surface area contributed by atoms with E-state index in [1.54, 1.807) is 25.5 Å². The Morgan fingerprint density at radius 2 is 2.00 bits per heavy atom. The molecular weight excluding hydrogens is 282 g/mol. The Bertz CT molecular complexity index is 549. The summed E-state index contributed by atoms with van der Waals surface area (Å²) in [5, 5.41) is 8.73. The summed E-state index contributed by atoms with van der Waals surface area (Å²) in [6.45, 7) is 1.62. The van der Waals surface area contributed by atoms with Crippen LogP contribution < -0.4 is 15.4 Å². The minimum atomic E-state index is 0.739. The van der Waals surface area contributed by atoms with Crippen LogP contribution in [0.3, 0.4) is 0 Å². The van der Waals surface area contributed by atoms with E-state index in [9.17, 15) is 0 Å². The second-order valence-corrected chi connectivity index (χ2v) is 5.56. The predicted octanol–water partition coefficient (Wildman–Crippen LogP) is 2.66. The zero-order chi connectivity index (χ0) is 14.9. The summed E-state index contributed by atoms with van der Waals surface area (Å²) in [6, 6.07) is 12.3. The molecule has 0 aliphatic carbocycles. The van der Waals surface area contributed by atoms with E-state index < -0.39 is 0 Å². The number of nitrogens with zero attached hydrogens (tertiary/aromatic N) is 1. The fourth-order valence-corrected chi connectivity index (χ4v) is 2.62. The molecule has 0 saturated carbocycles. The van der Waals surface area contributed by atoms with Crippen molar-refractivity contribution in [2.45, 2.75) is 13.0 Å². The molecule has 2 aromatic rings. The number of aliphatic imine (C=N–C) groups is 1. The Kier molecular flexibility index (Phi) is 6.09. The maximum atomic E-state index is 5.15. The molecule has 1 heterocycles. The van der Waals surface area contributed by atoms with Gasteiger partial charge in [-0.15, -0.1) is 11.3 Å². The first-order valence-corrected chi connectivity index (χ1v) is 7.79. The third-order valence-electron chi connectivity index (χ3n) is 3.09. The molecule has 0 amide bonds. The summed E-state index contributed by atoms with van der Waals surface area (Å²) in [4.78, 5) is 5.61. The van der Waals surface area contributed by atoms with Gasteiger partial charge in [-0.3, -0.25) is 4.99 Å². The molecule has 5 heteroatoms. The second kappa shape index (κ2) is 8.32. The molecule has 0 radical (unpaired) electrons. The van der Waals surface area contributed by atoms with Gasteiger partial charge in [0.15, 0.2) is 5.96 Å². The standard InChI is InChI=1S/C16H21N3OS/c1-17-16(18-10-9-15-4-3-11-21-15)19-12-13-5-7-14(20-2)8-6-13/h3-8,11H,9-10,12H2,1-2H3,(H2,17,18,19). The Morgan fingerprint density at radius 1 is 1.19 bits per heavy atom.